The number of para-hydroxylation sites is 2. The van der Waals surface area contributed by atoms with Gasteiger partial charge in [0, 0.05) is 19.5 Å². The van der Waals surface area contributed by atoms with Gasteiger partial charge in [-0.15, -0.1) is 0 Å². The summed E-state index contributed by atoms with van der Waals surface area (Å²) in [6, 6.07) is 7.98. The third-order valence-electron chi connectivity index (χ3n) is 2.64. The molecule has 15 heavy (non-hydrogen) atoms. The number of carbonyl (C=O) groups is 1. The van der Waals surface area contributed by atoms with E-state index < -0.39 is 0 Å². The Balaban J connectivity index is 2.29. The molecule has 1 saturated heterocycles. The topological polar surface area (TPSA) is 32.3 Å². The van der Waals surface area contributed by atoms with Gasteiger partial charge in [0.05, 0.1) is 11.4 Å². The van der Waals surface area contributed by atoms with Crippen molar-refractivity contribution in [2.75, 3.05) is 23.3 Å². The minimum Gasteiger partial charge on any atom is -0.384 e. The van der Waals surface area contributed by atoms with E-state index in [1.165, 1.54) is 0 Å². The lowest BCUT2D eigenvalue weighted by Gasteiger charge is -2.19. The second-order valence-corrected chi connectivity index (χ2v) is 3.70. The van der Waals surface area contributed by atoms with Crippen LogP contribution in [0.3, 0.4) is 0 Å². The summed E-state index contributed by atoms with van der Waals surface area (Å²) in [6.07, 6.45) is 1.65. The molecule has 0 bridgehead atoms. The molecule has 3 heteroatoms. The number of carbonyl (C=O) groups excluding carboxylic acids is 1. The Bertz CT molecular complexity index is 362. The monoisotopic (exact) mass is 204 g/mol. The number of nitrogens with one attached hydrogen (secondary N) is 1. The van der Waals surface area contributed by atoms with Crippen molar-refractivity contribution in [1.29, 1.82) is 0 Å². The molecular formula is C12H16N2O. The molecule has 0 aromatic heterocycles. The van der Waals surface area contributed by atoms with Crippen LogP contribution in [0.25, 0.3) is 0 Å². The molecule has 80 valence electrons. The molecule has 1 aliphatic rings. The lowest BCUT2D eigenvalue weighted by Crippen LogP contribution is -2.24. The third kappa shape index (κ3) is 1.96. The molecular weight excluding hydrogens is 188 g/mol. The zero-order valence-electron chi connectivity index (χ0n) is 8.99. The summed E-state index contributed by atoms with van der Waals surface area (Å²) >= 11 is 0. The first-order valence-electron chi connectivity index (χ1n) is 5.46. The molecule has 0 radical (unpaired) electrons. The van der Waals surface area contributed by atoms with Crippen LogP contribution in [0.1, 0.15) is 19.8 Å². The molecule has 1 aromatic carbocycles. The summed E-state index contributed by atoms with van der Waals surface area (Å²) in [5.41, 5.74) is 2.07. The minimum atomic E-state index is 0.236. The van der Waals surface area contributed by atoms with Gasteiger partial charge in [-0.2, -0.15) is 0 Å². The number of hydrogen-bond acceptors (Lipinski definition) is 2. The maximum absolute atomic E-state index is 11.6. The van der Waals surface area contributed by atoms with Crippen molar-refractivity contribution in [2.24, 2.45) is 0 Å². The Morgan fingerprint density at radius 1 is 1.40 bits per heavy atom. The highest BCUT2D eigenvalue weighted by atomic mass is 16.2. The van der Waals surface area contributed by atoms with Gasteiger partial charge in [-0.1, -0.05) is 12.1 Å². The number of rotatable bonds is 3. The Morgan fingerprint density at radius 2 is 2.20 bits per heavy atom. The van der Waals surface area contributed by atoms with Crippen LogP contribution >= 0.6 is 0 Å². The van der Waals surface area contributed by atoms with Gasteiger partial charge in [0.25, 0.3) is 0 Å². The highest BCUT2D eigenvalue weighted by molar-refractivity contribution is 5.98. The summed E-state index contributed by atoms with van der Waals surface area (Å²) in [7, 11) is 0. The molecule has 1 N–H and O–H groups in total. The average molecular weight is 204 g/mol. The number of amides is 1. The van der Waals surface area contributed by atoms with E-state index >= 15 is 0 Å². The second-order valence-electron chi connectivity index (χ2n) is 3.70. The van der Waals surface area contributed by atoms with Crippen LogP contribution in [0.2, 0.25) is 0 Å². The smallest absolute Gasteiger partial charge is 0.227 e. The van der Waals surface area contributed by atoms with Gasteiger partial charge in [0.2, 0.25) is 5.91 Å². The SMILES string of the molecule is CCNc1ccccc1N1CCCC1=O. The zero-order valence-corrected chi connectivity index (χ0v) is 8.99. The summed E-state index contributed by atoms with van der Waals surface area (Å²) in [5.74, 6) is 0.236. The second kappa shape index (κ2) is 4.34. The molecule has 1 heterocycles. The van der Waals surface area contributed by atoms with Crippen molar-refractivity contribution in [1.82, 2.24) is 0 Å². The largest absolute Gasteiger partial charge is 0.384 e. The van der Waals surface area contributed by atoms with Gasteiger partial charge in [-0.05, 0) is 25.5 Å². The summed E-state index contributed by atoms with van der Waals surface area (Å²) in [6.45, 7) is 3.78. The van der Waals surface area contributed by atoms with Crippen LogP contribution in [-0.4, -0.2) is 19.0 Å². The summed E-state index contributed by atoms with van der Waals surface area (Å²) in [4.78, 5) is 13.5. The predicted molar refractivity (Wildman–Crippen MR) is 62.2 cm³/mol. The maximum Gasteiger partial charge on any atom is 0.227 e. The molecule has 0 unspecified atom stereocenters. The Hall–Kier alpha value is -1.51. The van der Waals surface area contributed by atoms with E-state index in [9.17, 15) is 4.79 Å². The van der Waals surface area contributed by atoms with E-state index in [2.05, 4.69) is 12.2 Å². The minimum absolute atomic E-state index is 0.236. The molecule has 1 amide bonds. The summed E-state index contributed by atoms with van der Waals surface area (Å²) in [5, 5.41) is 3.28. The van der Waals surface area contributed by atoms with E-state index in [1.54, 1.807) is 0 Å². The van der Waals surface area contributed by atoms with Crippen molar-refractivity contribution in [3.8, 4) is 0 Å². The van der Waals surface area contributed by atoms with Crippen molar-refractivity contribution in [2.45, 2.75) is 19.8 Å². The quantitative estimate of drug-likeness (QED) is 0.819. The van der Waals surface area contributed by atoms with Crippen LogP contribution in [0, 0.1) is 0 Å². The Labute approximate surface area is 90.1 Å². The molecule has 1 aliphatic heterocycles. The van der Waals surface area contributed by atoms with Crippen LogP contribution < -0.4 is 10.2 Å². The molecule has 0 atom stereocenters. The maximum atomic E-state index is 11.6. The fourth-order valence-corrected chi connectivity index (χ4v) is 1.95. The lowest BCUT2D eigenvalue weighted by molar-refractivity contribution is -0.117. The number of anilines is 2. The third-order valence-corrected chi connectivity index (χ3v) is 2.64. The molecule has 1 aromatic rings. The van der Waals surface area contributed by atoms with E-state index in [1.807, 2.05) is 29.2 Å². The highest BCUT2D eigenvalue weighted by Crippen LogP contribution is 2.28. The van der Waals surface area contributed by atoms with Crippen LogP contribution in [-0.2, 0) is 4.79 Å². The number of hydrogen-bond donors (Lipinski definition) is 1. The number of benzene rings is 1. The summed E-state index contributed by atoms with van der Waals surface area (Å²) < 4.78 is 0. The predicted octanol–water partition coefficient (Wildman–Crippen LogP) is 2.25. The van der Waals surface area contributed by atoms with Crippen LogP contribution in [0.4, 0.5) is 11.4 Å². The Morgan fingerprint density at radius 3 is 2.87 bits per heavy atom. The fourth-order valence-electron chi connectivity index (χ4n) is 1.95. The normalized spacial score (nSPS) is 15.8. The molecule has 3 nitrogen and oxygen atoms in total. The van der Waals surface area contributed by atoms with E-state index in [-0.39, 0.29) is 5.91 Å². The van der Waals surface area contributed by atoms with E-state index in [0.717, 1.165) is 30.9 Å². The molecule has 0 spiro atoms. The molecule has 2 rings (SSSR count). The van der Waals surface area contributed by atoms with Gasteiger partial charge in [-0.25, -0.2) is 0 Å². The molecule has 0 saturated carbocycles. The van der Waals surface area contributed by atoms with Crippen LogP contribution in [0.15, 0.2) is 24.3 Å². The Kier molecular flexibility index (Phi) is 2.90. The van der Waals surface area contributed by atoms with Crippen molar-refractivity contribution >= 4 is 17.3 Å². The van der Waals surface area contributed by atoms with Gasteiger partial charge in [0.1, 0.15) is 0 Å². The van der Waals surface area contributed by atoms with Gasteiger partial charge >= 0.3 is 0 Å². The van der Waals surface area contributed by atoms with Crippen molar-refractivity contribution in [3.63, 3.8) is 0 Å². The van der Waals surface area contributed by atoms with Gasteiger partial charge < -0.3 is 10.2 Å². The molecule has 0 aliphatic carbocycles. The zero-order chi connectivity index (χ0) is 10.7. The standard InChI is InChI=1S/C12H16N2O/c1-2-13-10-6-3-4-7-11(10)14-9-5-8-12(14)15/h3-4,6-7,13H,2,5,8-9H2,1H3. The van der Waals surface area contributed by atoms with Gasteiger partial charge in [-0.3, -0.25) is 4.79 Å². The first-order valence-corrected chi connectivity index (χ1v) is 5.46. The highest BCUT2D eigenvalue weighted by Gasteiger charge is 2.23. The van der Waals surface area contributed by atoms with Crippen molar-refractivity contribution in [3.05, 3.63) is 24.3 Å². The van der Waals surface area contributed by atoms with E-state index in [0.29, 0.717) is 6.42 Å². The fraction of sp³-hybridized carbons (Fsp3) is 0.417. The first kappa shape index (κ1) is 10.0. The van der Waals surface area contributed by atoms with E-state index in [4.69, 9.17) is 0 Å². The average Bonchev–Trinajstić information content (AvgIpc) is 2.66. The lowest BCUT2D eigenvalue weighted by atomic mass is 10.2. The van der Waals surface area contributed by atoms with Gasteiger partial charge in [0.15, 0.2) is 0 Å². The van der Waals surface area contributed by atoms with Crippen molar-refractivity contribution < 1.29 is 4.79 Å². The first-order chi connectivity index (χ1) is 7.33. The number of nitrogens with zero attached hydrogens (tertiary/aromatic N) is 1. The van der Waals surface area contributed by atoms with Crippen LogP contribution in [0.5, 0.6) is 0 Å². The molecule has 1 fully saturated rings.